The molecule has 2 fully saturated rings. The summed E-state index contributed by atoms with van der Waals surface area (Å²) in [6, 6.07) is 0. The van der Waals surface area contributed by atoms with Crippen LogP contribution in [0.2, 0.25) is 0 Å². The summed E-state index contributed by atoms with van der Waals surface area (Å²) in [7, 11) is 0. The lowest BCUT2D eigenvalue weighted by atomic mass is 9.98. The van der Waals surface area contributed by atoms with Crippen molar-refractivity contribution in [1.82, 2.24) is 20.2 Å². The minimum absolute atomic E-state index is 0.0107. The number of nitrogens with one attached hydrogen (secondary N) is 2. The summed E-state index contributed by atoms with van der Waals surface area (Å²) in [6.07, 6.45) is 0.300. The van der Waals surface area contributed by atoms with Crippen molar-refractivity contribution >= 4 is 0 Å². The predicted molar refractivity (Wildman–Crippen MR) is 87.2 cm³/mol. The second kappa shape index (κ2) is 7.87. The van der Waals surface area contributed by atoms with E-state index in [-0.39, 0.29) is 6.42 Å². The Morgan fingerprint density at radius 3 is 2.46 bits per heavy atom. The first kappa shape index (κ1) is 17.7. The zero-order valence-corrected chi connectivity index (χ0v) is 14.1. The third-order valence-electron chi connectivity index (χ3n) is 5.13. The van der Waals surface area contributed by atoms with E-state index in [1.165, 1.54) is 12.8 Å². The lowest BCUT2D eigenvalue weighted by molar-refractivity contribution is -0.134. The van der Waals surface area contributed by atoms with Crippen molar-refractivity contribution in [3.8, 4) is 0 Å². The molecule has 2 N–H and O–H groups in total. The summed E-state index contributed by atoms with van der Waals surface area (Å²) in [4.78, 5) is 10.3. The van der Waals surface area contributed by atoms with Crippen molar-refractivity contribution in [3.05, 3.63) is 17.2 Å². The standard InChI is InChI=1S/C17H27F3N4/c18-17(19,20)7-3-14-15(6-12-24-10-1-2-11-24)23-16(22-14)13-4-8-21-9-5-13/h13,21H,1-12H2,(H,22,23). The Kier molecular flexibility index (Phi) is 5.81. The van der Waals surface area contributed by atoms with Gasteiger partial charge in [-0.05, 0) is 58.3 Å². The third-order valence-corrected chi connectivity index (χ3v) is 5.13. The molecule has 2 saturated heterocycles. The maximum Gasteiger partial charge on any atom is 0.389 e. The van der Waals surface area contributed by atoms with Gasteiger partial charge in [0.2, 0.25) is 0 Å². The highest BCUT2D eigenvalue weighted by Crippen LogP contribution is 2.27. The third kappa shape index (κ3) is 4.96. The molecule has 1 aromatic rings. The van der Waals surface area contributed by atoms with Crippen LogP contribution >= 0.6 is 0 Å². The average Bonchev–Trinajstić information content (AvgIpc) is 3.21. The molecule has 0 bridgehead atoms. The van der Waals surface area contributed by atoms with Gasteiger partial charge in [-0.3, -0.25) is 0 Å². The van der Waals surface area contributed by atoms with Gasteiger partial charge >= 0.3 is 6.18 Å². The molecule has 1 aromatic heterocycles. The number of hydrogen-bond acceptors (Lipinski definition) is 3. The molecule has 4 nitrogen and oxygen atoms in total. The second-order valence-electron chi connectivity index (χ2n) is 6.99. The molecular weight excluding hydrogens is 317 g/mol. The van der Waals surface area contributed by atoms with E-state index in [1.54, 1.807) is 0 Å². The number of halogens is 3. The Balaban J connectivity index is 1.68. The topological polar surface area (TPSA) is 44.0 Å². The fraction of sp³-hybridized carbons (Fsp3) is 0.824. The molecule has 0 aromatic carbocycles. The number of piperidine rings is 1. The normalized spacial score (nSPS) is 20.8. The van der Waals surface area contributed by atoms with Crippen LogP contribution in [0.15, 0.2) is 0 Å². The van der Waals surface area contributed by atoms with Crippen LogP contribution in [0.5, 0.6) is 0 Å². The lowest BCUT2D eigenvalue weighted by Crippen LogP contribution is -2.27. The van der Waals surface area contributed by atoms with Gasteiger partial charge in [-0.1, -0.05) is 0 Å². The minimum atomic E-state index is -4.12. The molecule has 0 amide bonds. The molecule has 24 heavy (non-hydrogen) atoms. The van der Waals surface area contributed by atoms with Crippen LogP contribution in [0.3, 0.4) is 0 Å². The molecule has 0 spiro atoms. The fourth-order valence-electron chi connectivity index (χ4n) is 3.71. The number of nitrogens with zero attached hydrogens (tertiary/aromatic N) is 2. The number of likely N-dealkylation sites (tertiary alicyclic amines) is 1. The lowest BCUT2D eigenvalue weighted by Gasteiger charge is -2.20. The van der Waals surface area contributed by atoms with Crippen molar-refractivity contribution in [2.45, 2.75) is 57.0 Å². The van der Waals surface area contributed by atoms with Crippen molar-refractivity contribution in [1.29, 1.82) is 0 Å². The van der Waals surface area contributed by atoms with E-state index in [0.29, 0.717) is 11.6 Å². The zero-order chi connectivity index (χ0) is 17.0. The van der Waals surface area contributed by atoms with Crippen LogP contribution in [0.1, 0.15) is 55.2 Å². The van der Waals surface area contributed by atoms with Crippen molar-refractivity contribution in [2.24, 2.45) is 0 Å². The van der Waals surface area contributed by atoms with Gasteiger partial charge in [0.15, 0.2) is 0 Å². The summed E-state index contributed by atoms with van der Waals surface area (Å²) >= 11 is 0. The molecule has 0 atom stereocenters. The zero-order valence-electron chi connectivity index (χ0n) is 14.1. The molecule has 7 heteroatoms. The molecule has 2 aliphatic rings. The van der Waals surface area contributed by atoms with Gasteiger partial charge in [-0.2, -0.15) is 13.2 Å². The van der Waals surface area contributed by atoms with Gasteiger partial charge in [0.25, 0.3) is 0 Å². The highest BCUT2D eigenvalue weighted by Gasteiger charge is 2.28. The van der Waals surface area contributed by atoms with E-state index in [9.17, 15) is 13.2 Å². The number of aromatic amines is 1. The molecule has 3 rings (SSSR count). The molecule has 136 valence electrons. The van der Waals surface area contributed by atoms with Gasteiger partial charge in [-0.25, -0.2) is 4.98 Å². The number of H-pyrrole nitrogens is 1. The highest BCUT2D eigenvalue weighted by molar-refractivity contribution is 5.18. The maximum absolute atomic E-state index is 12.6. The van der Waals surface area contributed by atoms with Gasteiger partial charge in [0.1, 0.15) is 5.82 Å². The van der Waals surface area contributed by atoms with E-state index in [4.69, 9.17) is 4.98 Å². The van der Waals surface area contributed by atoms with Gasteiger partial charge in [0, 0.05) is 31.0 Å². The monoisotopic (exact) mass is 344 g/mol. The molecule has 0 radical (unpaired) electrons. The minimum Gasteiger partial charge on any atom is -0.345 e. The van der Waals surface area contributed by atoms with Crippen molar-refractivity contribution in [3.63, 3.8) is 0 Å². The van der Waals surface area contributed by atoms with Crippen molar-refractivity contribution < 1.29 is 13.2 Å². The number of alkyl halides is 3. The summed E-state index contributed by atoms with van der Waals surface area (Å²) in [5.41, 5.74) is 1.54. The SMILES string of the molecule is FC(F)(F)CCc1[nH]c(C2CCNCC2)nc1CCN1CCCC1. The summed E-state index contributed by atoms with van der Waals surface area (Å²) < 4.78 is 37.8. The molecule has 0 saturated carbocycles. The van der Waals surface area contributed by atoms with Gasteiger partial charge < -0.3 is 15.2 Å². The van der Waals surface area contributed by atoms with Crippen LogP contribution in [-0.4, -0.2) is 53.8 Å². The van der Waals surface area contributed by atoms with E-state index >= 15 is 0 Å². The fourth-order valence-corrected chi connectivity index (χ4v) is 3.71. The maximum atomic E-state index is 12.6. The molecule has 0 aliphatic carbocycles. The summed E-state index contributed by atoms with van der Waals surface area (Å²) in [5.74, 6) is 1.24. The highest BCUT2D eigenvalue weighted by atomic mass is 19.4. The Labute approximate surface area is 141 Å². The number of aryl methyl sites for hydroxylation is 1. The van der Waals surface area contributed by atoms with Crippen LogP contribution in [0, 0.1) is 0 Å². The number of imidazole rings is 1. The number of rotatable bonds is 6. The van der Waals surface area contributed by atoms with E-state index < -0.39 is 12.6 Å². The number of aromatic nitrogens is 2. The summed E-state index contributed by atoms with van der Waals surface area (Å²) in [5, 5.41) is 3.32. The van der Waals surface area contributed by atoms with Gasteiger partial charge in [-0.15, -0.1) is 0 Å². The van der Waals surface area contributed by atoms with E-state index in [1.807, 2.05) is 0 Å². The van der Waals surface area contributed by atoms with Crippen LogP contribution < -0.4 is 5.32 Å². The summed E-state index contributed by atoms with van der Waals surface area (Å²) in [6.45, 7) is 5.00. The Hall–Kier alpha value is -1.08. The quantitative estimate of drug-likeness (QED) is 0.834. The van der Waals surface area contributed by atoms with E-state index in [0.717, 1.165) is 63.5 Å². The Morgan fingerprint density at radius 1 is 1.08 bits per heavy atom. The predicted octanol–water partition coefficient (Wildman–Crippen LogP) is 3.01. The average molecular weight is 344 g/mol. The first-order valence-electron chi connectivity index (χ1n) is 9.09. The largest absolute Gasteiger partial charge is 0.389 e. The van der Waals surface area contributed by atoms with Crippen LogP contribution in [0.25, 0.3) is 0 Å². The van der Waals surface area contributed by atoms with Crippen LogP contribution in [0.4, 0.5) is 13.2 Å². The molecule has 2 aliphatic heterocycles. The smallest absolute Gasteiger partial charge is 0.345 e. The Bertz CT molecular complexity index is 514. The molecule has 3 heterocycles. The van der Waals surface area contributed by atoms with Crippen LogP contribution in [-0.2, 0) is 12.8 Å². The van der Waals surface area contributed by atoms with Crippen molar-refractivity contribution in [2.75, 3.05) is 32.7 Å². The molecule has 0 unspecified atom stereocenters. The first-order chi connectivity index (χ1) is 11.5. The Morgan fingerprint density at radius 2 is 1.79 bits per heavy atom. The second-order valence-corrected chi connectivity index (χ2v) is 6.99. The first-order valence-corrected chi connectivity index (χ1v) is 9.09. The molecular formula is C17H27F3N4. The van der Waals surface area contributed by atoms with Gasteiger partial charge in [0.05, 0.1) is 5.69 Å². The van der Waals surface area contributed by atoms with E-state index in [2.05, 4.69) is 15.2 Å². The number of hydrogen-bond donors (Lipinski definition) is 2.